The van der Waals surface area contributed by atoms with Gasteiger partial charge in [0.05, 0.1) is 16.6 Å². The molecule has 1 amide bonds. The lowest BCUT2D eigenvalue weighted by Gasteiger charge is -2.41. The number of hydrogen-bond acceptors (Lipinski definition) is 4. The third kappa shape index (κ3) is 5.48. The first kappa shape index (κ1) is 27.0. The quantitative estimate of drug-likeness (QED) is 0.361. The molecule has 0 radical (unpaired) electrons. The van der Waals surface area contributed by atoms with Crippen LogP contribution in [-0.4, -0.2) is 26.5 Å². The summed E-state index contributed by atoms with van der Waals surface area (Å²) in [6.07, 6.45) is 2.18. The van der Waals surface area contributed by atoms with Gasteiger partial charge in [0.2, 0.25) is 5.91 Å². The first-order valence-electron chi connectivity index (χ1n) is 12.5. The molecule has 1 atom stereocenters. The number of hydrogen-bond donors (Lipinski definition) is 1. The number of carbonyl (C=O) groups excluding carboxylic acids is 1. The van der Waals surface area contributed by atoms with E-state index in [1.807, 2.05) is 31.2 Å². The highest BCUT2D eigenvalue weighted by molar-refractivity contribution is 7.92. The summed E-state index contributed by atoms with van der Waals surface area (Å²) >= 11 is 6.35. The van der Waals surface area contributed by atoms with Crippen LogP contribution in [0, 0.1) is 13.8 Å². The van der Waals surface area contributed by atoms with Crippen LogP contribution >= 0.6 is 11.6 Å². The van der Waals surface area contributed by atoms with Gasteiger partial charge in [0.1, 0.15) is 17.9 Å². The number of benzene rings is 3. The Morgan fingerprint density at radius 1 is 1.03 bits per heavy atom. The Bertz CT molecular complexity index is 1390. The number of rotatable bonds is 8. The first-order chi connectivity index (χ1) is 17.6. The van der Waals surface area contributed by atoms with Crippen molar-refractivity contribution in [3.8, 4) is 5.75 Å². The number of carbonyl (C=O) groups is 1. The Balaban J connectivity index is 1.69. The van der Waals surface area contributed by atoms with Crippen LogP contribution in [0.2, 0.25) is 5.02 Å². The molecular weight excluding hydrogens is 508 g/mol. The molecule has 1 aliphatic heterocycles. The molecule has 0 saturated carbocycles. The molecule has 4 rings (SSSR count). The second kappa shape index (κ2) is 10.8. The molecule has 0 bridgehead atoms. The third-order valence-electron chi connectivity index (χ3n) is 7.22. The summed E-state index contributed by atoms with van der Waals surface area (Å²) in [7, 11) is -4.05. The van der Waals surface area contributed by atoms with E-state index in [1.165, 1.54) is 0 Å². The number of amides is 1. The largest absolute Gasteiger partial charge is 0.487 e. The van der Waals surface area contributed by atoms with Crippen LogP contribution in [0.5, 0.6) is 5.75 Å². The monoisotopic (exact) mass is 540 g/mol. The number of nitrogens with one attached hydrogen (secondary N) is 1. The Labute approximate surface area is 224 Å². The molecule has 0 spiro atoms. The van der Waals surface area contributed by atoms with E-state index in [1.54, 1.807) is 49.4 Å². The highest BCUT2D eigenvalue weighted by Crippen LogP contribution is 2.42. The van der Waals surface area contributed by atoms with E-state index in [-0.39, 0.29) is 17.5 Å². The maximum atomic E-state index is 13.8. The fourth-order valence-corrected chi connectivity index (χ4v) is 6.45. The van der Waals surface area contributed by atoms with Gasteiger partial charge in [0, 0.05) is 17.0 Å². The number of para-hydroxylation sites is 1. The standard InChI is InChI=1S/C29H33ClN2O4S/c1-5-29(6-2)18-25(23-10-7-8-13-27(23)36-29)31-28(33)19-32(26-12-9-11-24(30)21(26)4)37(34,35)22-16-14-20(3)15-17-22/h7-17,25H,5-6,18-19H2,1-4H3,(H,31,33)/t25-/m0/s1. The van der Waals surface area contributed by atoms with Crippen molar-refractivity contribution in [2.45, 2.75) is 63.5 Å². The van der Waals surface area contributed by atoms with Gasteiger partial charge in [0.25, 0.3) is 10.0 Å². The maximum absolute atomic E-state index is 13.8. The van der Waals surface area contributed by atoms with E-state index in [0.29, 0.717) is 22.7 Å². The fraction of sp³-hybridized carbons (Fsp3) is 0.345. The number of fused-ring (bicyclic) bond motifs is 1. The topological polar surface area (TPSA) is 75.7 Å². The molecule has 196 valence electrons. The lowest BCUT2D eigenvalue weighted by Crippen LogP contribution is -2.47. The van der Waals surface area contributed by atoms with Crippen molar-refractivity contribution < 1.29 is 17.9 Å². The van der Waals surface area contributed by atoms with Gasteiger partial charge in [-0.05, 0) is 62.6 Å². The lowest BCUT2D eigenvalue weighted by molar-refractivity contribution is -0.121. The zero-order valence-electron chi connectivity index (χ0n) is 21.6. The summed E-state index contributed by atoms with van der Waals surface area (Å²) in [4.78, 5) is 13.6. The highest BCUT2D eigenvalue weighted by Gasteiger charge is 2.39. The van der Waals surface area contributed by atoms with Gasteiger partial charge in [-0.15, -0.1) is 0 Å². The van der Waals surface area contributed by atoms with Gasteiger partial charge in [-0.1, -0.05) is 67.4 Å². The molecule has 6 nitrogen and oxygen atoms in total. The molecule has 1 N–H and O–H groups in total. The molecular formula is C29H33ClN2O4S. The normalized spacial score (nSPS) is 16.4. The number of ether oxygens (including phenoxy) is 1. The second-order valence-corrected chi connectivity index (χ2v) is 11.8. The van der Waals surface area contributed by atoms with E-state index in [9.17, 15) is 13.2 Å². The van der Waals surface area contributed by atoms with Crippen molar-refractivity contribution in [1.29, 1.82) is 0 Å². The minimum atomic E-state index is -4.05. The lowest BCUT2D eigenvalue weighted by atomic mass is 9.83. The predicted molar refractivity (Wildman–Crippen MR) is 148 cm³/mol. The summed E-state index contributed by atoms with van der Waals surface area (Å²) < 4.78 is 35.1. The third-order valence-corrected chi connectivity index (χ3v) is 9.41. The number of nitrogens with zero attached hydrogens (tertiary/aromatic N) is 1. The maximum Gasteiger partial charge on any atom is 0.264 e. The molecule has 0 unspecified atom stereocenters. The van der Waals surface area contributed by atoms with Gasteiger partial charge < -0.3 is 10.1 Å². The molecule has 1 heterocycles. The van der Waals surface area contributed by atoms with Crippen LogP contribution in [0.4, 0.5) is 5.69 Å². The van der Waals surface area contributed by atoms with E-state index in [4.69, 9.17) is 16.3 Å². The number of sulfonamides is 1. The number of halogens is 1. The Hall–Kier alpha value is -3.03. The first-order valence-corrected chi connectivity index (χ1v) is 14.3. The van der Waals surface area contributed by atoms with Crippen molar-refractivity contribution in [3.63, 3.8) is 0 Å². The minimum Gasteiger partial charge on any atom is -0.487 e. The Kier molecular flexibility index (Phi) is 7.85. The fourth-order valence-electron chi connectivity index (χ4n) is 4.80. The Morgan fingerprint density at radius 2 is 1.70 bits per heavy atom. The van der Waals surface area contributed by atoms with Gasteiger partial charge in [0.15, 0.2) is 0 Å². The molecule has 0 aliphatic carbocycles. The van der Waals surface area contributed by atoms with E-state index >= 15 is 0 Å². The van der Waals surface area contributed by atoms with Crippen molar-refractivity contribution in [3.05, 3.63) is 88.4 Å². The highest BCUT2D eigenvalue weighted by atomic mass is 35.5. The summed E-state index contributed by atoms with van der Waals surface area (Å²) in [6, 6.07) is 19.0. The predicted octanol–water partition coefficient (Wildman–Crippen LogP) is 6.35. The zero-order chi connectivity index (χ0) is 26.8. The van der Waals surface area contributed by atoms with Crippen molar-refractivity contribution in [1.82, 2.24) is 5.32 Å². The zero-order valence-corrected chi connectivity index (χ0v) is 23.2. The summed E-state index contributed by atoms with van der Waals surface area (Å²) in [5.41, 5.74) is 2.38. The second-order valence-electron chi connectivity index (χ2n) is 9.56. The molecule has 0 aromatic heterocycles. The molecule has 0 saturated heterocycles. The molecule has 1 aliphatic rings. The average Bonchev–Trinajstić information content (AvgIpc) is 2.89. The molecule has 0 fully saturated rings. The van der Waals surface area contributed by atoms with Gasteiger partial charge in [-0.3, -0.25) is 9.10 Å². The summed E-state index contributed by atoms with van der Waals surface area (Å²) in [5.74, 6) is 0.343. The van der Waals surface area contributed by atoms with Crippen LogP contribution < -0.4 is 14.4 Å². The van der Waals surface area contributed by atoms with Crippen LogP contribution in [-0.2, 0) is 14.8 Å². The smallest absolute Gasteiger partial charge is 0.264 e. The van der Waals surface area contributed by atoms with Gasteiger partial charge in [-0.2, -0.15) is 0 Å². The van der Waals surface area contributed by atoms with Crippen LogP contribution in [0.3, 0.4) is 0 Å². The summed E-state index contributed by atoms with van der Waals surface area (Å²) in [6.45, 7) is 7.41. The average molecular weight is 541 g/mol. The van der Waals surface area contributed by atoms with Crippen LogP contribution in [0.25, 0.3) is 0 Å². The molecule has 3 aromatic rings. The number of anilines is 1. The van der Waals surface area contributed by atoms with E-state index < -0.39 is 21.5 Å². The molecule has 3 aromatic carbocycles. The van der Waals surface area contributed by atoms with Crippen LogP contribution in [0.1, 0.15) is 55.8 Å². The van der Waals surface area contributed by atoms with Gasteiger partial charge in [-0.25, -0.2) is 8.42 Å². The van der Waals surface area contributed by atoms with Gasteiger partial charge >= 0.3 is 0 Å². The molecule has 37 heavy (non-hydrogen) atoms. The molecule has 8 heteroatoms. The van der Waals surface area contributed by atoms with E-state index in [0.717, 1.165) is 34.0 Å². The Morgan fingerprint density at radius 3 is 2.38 bits per heavy atom. The SMILES string of the molecule is CCC1(CC)C[C@H](NC(=O)CN(c2cccc(Cl)c2C)S(=O)(=O)c2ccc(C)cc2)c2ccccc2O1. The van der Waals surface area contributed by atoms with Crippen molar-refractivity contribution in [2.24, 2.45) is 0 Å². The summed E-state index contributed by atoms with van der Waals surface area (Å²) in [5, 5.41) is 3.53. The van der Waals surface area contributed by atoms with Crippen molar-refractivity contribution in [2.75, 3.05) is 10.8 Å². The number of aryl methyl sites for hydroxylation is 1. The van der Waals surface area contributed by atoms with E-state index in [2.05, 4.69) is 19.2 Å². The van der Waals surface area contributed by atoms with Crippen molar-refractivity contribution >= 4 is 33.2 Å². The van der Waals surface area contributed by atoms with Crippen LogP contribution in [0.15, 0.2) is 71.6 Å². The minimum absolute atomic E-state index is 0.109.